The van der Waals surface area contributed by atoms with Gasteiger partial charge in [-0.25, -0.2) is 4.79 Å². The Morgan fingerprint density at radius 1 is 1.07 bits per heavy atom. The van der Waals surface area contributed by atoms with E-state index in [9.17, 15) is 24.3 Å². The quantitative estimate of drug-likeness (QED) is 0.239. The number of carbonyl (C=O) groups is 4. The number of hydrogen-bond donors (Lipinski definition) is 2. The van der Waals surface area contributed by atoms with Crippen LogP contribution >= 0.6 is 0 Å². The summed E-state index contributed by atoms with van der Waals surface area (Å²) in [6.07, 6.45) is 1.34. The molecule has 0 bridgehead atoms. The zero-order chi connectivity index (χ0) is 19.9. The van der Waals surface area contributed by atoms with Gasteiger partial charge in [0.1, 0.15) is 6.04 Å². The minimum absolute atomic E-state index is 0. The topological polar surface area (TPSA) is 119 Å². The van der Waals surface area contributed by atoms with Crippen molar-refractivity contribution in [3.05, 3.63) is 35.5 Å². The molecular weight excluding hydrogens is 381 g/mol. The Bertz CT molecular complexity index is 764. The van der Waals surface area contributed by atoms with E-state index < -0.39 is 23.9 Å². The molecule has 0 amide bonds. The first kappa shape index (κ1) is 25.5. The largest absolute Gasteiger partial charge is 1.00 e. The van der Waals surface area contributed by atoms with Crippen molar-refractivity contribution in [1.29, 1.82) is 0 Å². The van der Waals surface area contributed by atoms with Crippen molar-refractivity contribution in [2.75, 3.05) is 0 Å². The van der Waals surface area contributed by atoms with Gasteiger partial charge in [0.05, 0.1) is 0 Å². The molecule has 27 heavy (non-hydrogen) atoms. The molecule has 1 atom stereocenters. The molecule has 0 aliphatic heterocycles. The van der Waals surface area contributed by atoms with Crippen LogP contribution in [0.15, 0.2) is 30.0 Å². The third-order valence-corrected chi connectivity index (χ3v) is 3.08. The van der Waals surface area contributed by atoms with Gasteiger partial charge in [-0.15, -0.1) is 0 Å². The van der Waals surface area contributed by atoms with Gasteiger partial charge in [-0.3, -0.25) is 14.4 Å². The first-order chi connectivity index (χ1) is 12.1. The van der Waals surface area contributed by atoms with Crippen molar-refractivity contribution >= 4 is 23.7 Å². The Morgan fingerprint density at radius 2 is 1.63 bits per heavy atom. The summed E-state index contributed by atoms with van der Waals surface area (Å²) < 4.78 is 9.99. The summed E-state index contributed by atoms with van der Waals surface area (Å²) in [5, 5.41) is 12.1. The van der Waals surface area contributed by atoms with Crippen molar-refractivity contribution < 1.29 is 86.6 Å². The van der Waals surface area contributed by atoms with E-state index in [4.69, 9.17) is 9.47 Å². The average molecular weight is 403 g/mol. The number of esters is 2. The summed E-state index contributed by atoms with van der Waals surface area (Å²) in [5.74, 6) is -2.43. The van der Waals surface area contributed by atoms with Crippen molar-refractivity contribution in [2.45, 2.75) is 40.2 Å². The van der Waals surface area contributed by atoms with Crippen molar-refractivity contribution in [3.8, 4) is 11.5 Å². The molecule has 0 unspecified atom stereocenters. The van der Waals surface area contributed by atoms with Crippen LogP contribution in [0.2, 0.25) is 0 Å². The number of ether oxygens (including phenoxy) is 2. The van der Waals surface area contributed by atoms with Gasteiger partial charge in [0, 0.05) is 26.0 Å². The SMILES string of the molecule is CC(=O)C=C(C)N[C@@H](Cc1ccc(OC(C)=O)c(OC(C)=O)c1)C(=O)O.[H-].[K+]. The fraction of sp³-hybridized carbons (Fsp3) is 0.333. The fourth-order valence-electron chi connectivity index (χ4n) is 2.21. The number of carboxylic acids is 1. The van der Waals surface area contributed by atoms with E-state index in [0.29, 0.717) is 11.3 Å². The van der Waals surface area contributed by atoms with E-state index in [-0.39, 0.29) is 76.5 Å². The summed E-state index contributed by atoms with van der Waals surface area (Å²) in [4.78, 5) is 44.9. The van der Waals surface area contributed by atoms with Crippen LogP contribution in [-0.2, 0) is 25.6 Å². The summed E-state index contributed by atoms with van der Waals surface area (Å²) in [6.45, 7) is 5.35. The standard InChI is InChI=1S/C18H21NO7.K.H/c1-10(7-11(2)20)19-15(18(23)24)8-14-5-6-16(25-12(3)21)17(9-14)26-13(4)22;;/h5-7,9,15,19H,8H2,1-4H3,(H,23,24);;/q;+1;-1/t15-;;/m0../s1. The summed E-state index contributed by atoms with van der Waals surface area (Å²) in [6, 6.07) is 3.41. The predicted octanol–water partition coefficient (Wildman–Crippen LogP) is -1.27. The maximum atomic E-state index is 11.5. The maximum absolute atomic E-state index is 11.5. The summed E-state index contributed by atoms with van der Waals surface area (Å²) in [5.41, 5.74) is 0.953. The van der Waals surface area contributed by atoms with Gasteiger partial charge < -0.3 is 21.3 Å². The fourth-order valence-corrected chi connectivity index (χ4v) is 2.21. The Kier molecular flexibility index (Phi) is 11.4. The number of rotatable bonds is 8. The Morgan fingerprint density at radius 3 is 2.11 bits per heavy atom. The number of allylic oxidation sites excluding steroid dienone is 2. The van der Waals surface area contributed by atoms with Crippen molar-refractivity contribution in [3.63, 3.8) is 0 Å². The van der Waals surface area contributed by atoms with Crippen LogP contribution in [0.4, 0.5) is 0 Å². The number of aliphatic carboxylic acids is 1. The molecule has 142 valence electrons. The zero-order valence-electron chi connectivity index (χ0n) is 17.0. The second-order valence-electron chi connectivity index (χ2n) is 5.65. The smallest absolute Gasteiger partial charge is 1.00 e. The third-order valence-electron chi connectivity index (χ3n) is 3.08. The molecule has 9 heteroatoms. The molecule has 1 aromatic rings. The minimum atomic E-state index is -1.11. The van der Waals surface area contributed by atoms with E-state index in [1.807, 2.05) is 0 Å². The second-order valence-corrected chi connectivity index (χ2v) is 5.65. The predicted molar refractivity (Wildman–Crippen MR) is 92.9 cm³/mol. The van der Waals surface area contributed by atoms with Crippen LogP contribution < -0.4 is 66.2 Å². The van der Waals surface area contributed by atoms with E-state index in [1.54, 1.807) is 13.0 Å². The van der Waals surface area contributed by atoms with Crippen LogP contribution in [0.5, 0.6) is 11.5 Å². The molecule has 0 aliphatic carbocycles. The van der Waals surface area contributed by atoms with Gasteiger partial charge in [-0.05, 0) is 37.6 Å². The average Bonchev–Trinajstić information content (AvgIpc) is 2.47. The van der Waals surface area contributed by atoms with Crippen LogP contribution in [0.25, 0.3) is 0 Å². The van der Waals surface area contributed by atoms with Crippen LogP contribution in [0, 0.1) is 0 Å². The van der Waals surface area contributed by atoms with Crippen molar-refractivity contribution in [2.24, 2.45) is 0 Å². The van der Waals surface area contributed by atoms with Crippen LogP contribution in [0.3, 0.4) is 0 Å². The number of hydrogen-bond acceptors (Lipinski definition) is 7. The minimum Gasteiger partial charge on any atom is -1.00 e. The first-order valence-corrected chi connectivity index (χ1v) is 7.76. The van der Waals surface area contributed by atoms with E-state index >= 15 is 0 Å². The molecule has 1 aromatic carbocycles. The monoisotopic (exact) mass is 403 g/mol. The molecule has 0 radical (unpaired) electrons. The molecular formula is C18H22KNO7. The second kappa shape index (κ2) is 12.0. The zero-order valence-corrected chi connectivity index (χ0v) is 19.1. The third kappa shape index (κ3) is 9.82. The van der Waals surface area contributed by atoms with Crippen LogP contribution in [0.1, 0.15) is 34.7 Å². The molecule has 2 N–H and O–H groups in total. The Labute approximate surface area is 201 Å². The maximum Gasteiger partial charge on any atom is 1.00 e. The van der Waals surface area contributed by atoms with Crippen LogP contribution in [-0.4, -0.2) is 34.8 Å². The van der Waals surface area contributed by atoms with Gasteiger partial charge in [0.15, 0.2) is 17.3 Å². The van der Waals surface area contributed by atoms with Crippen molar-refractivity contribution in [1.82, 2.24) is 5.32 Å². The molecule has 1 rings (SSSR count). The van der Waals surface area contributed by atoms with Gasteiger partial charge in [-0.2, -0.15) is 0 Å². The number of carbonyl (C=O) groups excluding carboxylic acids is 3. The Balaban J connectivity index is 0. The van der Waals surface area contributed by atoms with Gasteiger partial charge in [-0.1, -0.05) is 6.07 Å². The van der Waals surface area contributed by atoms with E-state index in [1.165, 1.54) is 39.0 Å². The number of carboxylic acid groups (broad SMARTS) is 1. The molecule has 0 fully saturated rings. The number of nitrogens with one attached hydrogen (secondary N) is 1. The number of benzene rings is 1. The molecule has 0 saturated carbocycles. The van der Waals surface area contributed by atoms with Gasteiger partial charge in [0.25, 0.3) is 0 Å². The first-order valence-electron chi connectivity index (χ1n) is 7.76. The summed E-state index contributed by atoms with van der Waals surface area (Å²) in [7, 11) is 0. The van der Waals surface area contributed by atoms with Gasteiger partial charge in [0.2, 0.25) is 0 Å². The summed E-state index contributed by atoms with van der Waals surface area (Å²) >= 11 is 0. The van der Waals surface area contributed by atoms with Gasteiger partial charge >= 0.3 is 69.3 Å². The molecule has 0 saturated heterocycles. The molecule has 0 aliphatic rings. The molecule has 8 nitrogen and oxygen atoms in total. The molecule has 0 heterocycles. The molecule has 0 spiro atoms. The normalized spacial score (nSPS) is 11.6. The van der Waals surface area contributed by atoms with E-state index in [0.717, 1.165) is 0 Å². The van der Waals surface area contributed by atoms with E-state index in [2.05, 4.69) is 5.32 Å². The Hall–Kier alpha value is -1.52. The number of ketones is 1. The molecule has 0 aromatic heterocycles.